The summed E-state index contributed by atoms with van der Waals surface area (Å²) < 4.78 is 0. The number of benzene rings is 1. The minimum Gasteiger partial charge on any atom is -0.465 e. The van der Waals surface area contributed by atoms with Gasteiger partial charge in [-0.15, -0.1) is 0 Å². The first kappa shape index (κ1) is 14.4. The van der Waals surface area contributed by atoms with Crippen LogP contribution in [0.25, 0.3) is 0 Å². The normalized spacial score (nSPS) is 11.3. The molecule has 1 aromatic carbocycles. The molecule has 100 valence electrons. The Morgan fingerprint density at radius 3 is 2.56 bits per heavy atom. The van der Waals surface area contributed by atoms with Crippen molar-refractivity contribution in [3.8, 4) is 0 Å². The summed E-state index contributed by atoms with van der Waals surface area (Å²) in [6, 6.07) is 7.71. The number of rotatable bonds is 4. The highest BCUT2D eigenvalue weighted by molar-refractivity contribution is 5.65. The van der Waals surface area contributed by atoms with Gasteiger partial charge in [-0.1, -0.05) is 12.1 Å². The van der Waals surface area contributed by atoms with E-state index in [0.717, 1.165) is 24.1 Å². The van der Waals surface area contributed by atoms with Gasteiger partial charge in [0.05, 0.1) is 0 Å². The zero-order valence-electron chi connectivity index (χ0n) is 11.3. The Morgan fingerprint density at radius 1 is 1.39 bits per heavy atom. The number of nitrogens with two attached hydrogens (primary N) is 1. The Bertz CT molecular complexity index is 411. The summed E-state index contributed by atoms with van der Waals surface area (Å²) in [7, 11) is 0. The first-order valence-corrected chi connectivity index (χ1v) is 6.15. The lowest BCUT2D eigenvalue weighted by Gasteiger charge is -2.33. The SMILES string of the molecule is CC(C)(C)N(CCCc1cccc(N)c1)C(=O)O. The first-order valence-electron chi connectivity index (χ1n) is 6.15. The second kappa shape index (κ2) is 5.76. The van der Waals surface area contributed by atoms with E-state index in [4.69, 9.17) is 10.8 Å². The van der Waals surface area contributed by atoms with Crippen LogP contribution in [0, 0.1) is 0 Å². The average molecular weight is 250 g/mol. The van der Waals surface area contributed by atoms with Crippen LogP contribution >= 0.6 is 0 Å². The first-order chi connectivity index (χ1) is 8.30. The molecule has 18 heavy (non-hydrogen) atoms. The molecule has 0 aliphatic carbocycles. The van der Waals surface area contributed by atoms with Crippen LogP contribution in [0.2, 0.25) is 0 Å². The van der Waals surface area contributed by atoms with Crippen LogP contribution in [-0.4, -0.2) is 28.2 Å². The quantitative estimate of drug-likeness (QED) is 0.807. The van der Waals surface area contributed by atoms with Crippen molar-refractivity contribution in [3.63, 3.8) is 0 Å². The molecule has 0 fully saturated rings. The molecule has 0 unspecified atom stereocenters. The highest BCUT2D eigenvalue weighted by atomic mass is 16.4. The third-order valence-corrected chi connectivity index (χ3v) is 2.84. The second-order valence-corrected chi connectivity index (χ2v) is 5.45. The van der Waals surface area contributed by atoms with Gasteiger partial charge in [0.15, 0.2) is 0 Å². The maximum absolute atomic E-state index is 11.1. The van der Waals surface area contributed by atoms with Gasteiger partial charge in [-0.2, -0.15) is 0 Å². The fourth-order valence-electron chi connectivity index (χ4n) is 1.91. The molecule has 4 heteroatoms. The lowest BCUT2D eigenvalue weighted by atomic mass is 10.0. The fraction of sp³-hybridized carbons (Fsp3) is 0.500. The third kappa shape index (κ3) is 4.28. The lowest BCUT2D eigenvalue weighted by Crippen LogP contribution is -2.45. The van der Waals surface area contributed by atoms with Gasteiger partial charge in [0.1, 0.15) is 0 Å². The van der Waals surface area contributed by atoms with E-state index in [1.54, 1.807) is 0 Å². The average Bonchev–Trinajstić information content (AvgIpc) is 2.22. The molecule has 0 aliphatic rings. The molecule has 1 amide bonds. The van der Waals surface area contributed by atoms with Gasteiger partial charge in [0.25, 0.3) is 0 Å². The molecule has 0 aromatic heterocycles. The van der Waals surface area contributed by atoms with Crippen LogP contribution in [0.3, 0.4) is 0 Å². The monoisotopic (exact) mass is 250 g/mol. The van der Waals surface area contributed by atoms with Crippen molar-refractivity contribution in [1.29, 1.82) is 0 Å². The van der Waals surface area contributed by atoms with Gasteiger partial charge >= 0.3 is 6.09 Å². The van der Waals surface area contributed by atoms with Gasteiger partial charge in [0, 0.05) is 17.8 Å². The van der Waals surface area contributed by atoms with Crippen molar-refractivity contribution < 1.29 is 9.90 Å². The smallest absolute Gasteiger partial charge is 0.407 e. The van der Waals surface area contributed by atoms with Crippen LogP contribution in [0.1, 0.15) is 32.8 Å². The summed E-state index contributed by atoms with van der Waals surface area (Å²) in [5.41, 5.74) is 7.24. The molecule has 0 radical (unpaired) electrons. The van der Waals surface area contributed by atoms with E-state index in [-0.39, 0.29) is 5.54 Å². The van der Waals surface area contributed by atoms with Crippen LogP contribution in [0.5, 0.6) is 0 Å². The number of aryl methyl sites for hydroxylation is 1. The molecule has 0 saturated carbocycles. The molecule has 0 aliphatic heterocycles. The standard InChI is InChI=1S/C14H22N2O2/c1-14(2,3)16(13(17)18)9-5-7-11-6-4-8-12(15)10-11/h4,6,8,10H,5,7,9,15H2,1-3H3,(H,17,18). The molecule has 4 nitrogen and oxygen atoms in total. The molecule has 3 N–H and O–H groups in total. The van der Waals surface area contributed by atoms with Crippen LogP contribution in [0.4, 0.5) is 10.5 Å². The summed E-state index contributed by atoms with van der Waals surface area (Å²) >= 11 is 0. The predicted molar refractivity (Wildman–Crippen MR) is 73.7 cm³/mol. The number of nitrogen functional groups attached to an aromatic ring is 1. The van der Waals surface area contributed by atoms with Gasteiger partial charge in [-0.25, -0.2) is 4.79 Å². The molecule has 0 spiro atoms. The van der Waals surface area contributed by atoms with Crippen LogP contribution in [-0.2, 0) is 6.42 Å². The van der Waals surface area contributed by atoms with Gasteiger partial charge in [-0.3, -0.25) is 0 Å². The number of nitrogens with zero attached hydrogens (tertiary/aromatic N) is 1. The van der Waals surface area contributed by atoms with Crippen molar-refractivity contribution in [2.75, 3.05) is 12.3 Å². The highest BCUT2D eigenvalue weighted by Crippen LogP contribution is 2.15. The van der Waals surface area contributed by atoms with E-state index in [0.29, 0.717) is 6.54 Å². The van der Waals surface area contributed by atoms with E-state index in [9.17, 15) is 4.79 Å². The van der Waals surface area contributed by atoms with Gasteiger partial charge < -0.3 is 15.7 Å². The summed E-state index contributed by atoms with van der Waals surface area (Å²) in [6.45, 7) is 6.25. The van der Waals surface area contributed by atoms with Crippen molar-refractivity contribution in [1.82, 2.24) is 4.90 Å². The van der Waals surface area contributed by atoms with Crippen LogP contribution < -0.4 is 5.73 Å². The second-order valence-electron chi connectivity index (χ2n) is 5.45. The van der Waals surface area contributed by atoms with E-state index in [1.165, 1.54) is 4.90 Å². The number of hydrogen-bond donors (Lipinski definition) is 2. The number of carboxylic acid groups (broad SMARTS) is 1. The lowest BCUT2D eigenvalue weighted by molar-refractivity contribution is 0.0996. The summed E-state index contributed by atoms with van der Waals surface area (Å²) in [6.07, 6.45) is 0.771. The van der Waals surface area contributed by atoms with Crippen LogP contribution in [0.15, 0.2) is 24.3 Å². The predicted octanol–water partition coefficient (Wildman–Crippen LogP) is 2.98. The van der Waals surface area contributed by atoms with Crippen molar-refractivity contribution >= 4 is 11.8 Å². The fourth-order valence-corrected chi connectivity index (χ4v) is 1.91. The zero-order chi connectivity index (χ0) is 13.8. The third-order valence-electron chi connectivity index (χ3n) is 2.84. The Hall–Kier alpha value is -1.71. The van der Waals surface area contributed by atoms with Crippen molar-refractivity contribution in [2.24, 2.45) is 0 Å². The maximum Gasteiger partial charge on any atom is 0.407 e. The molecule has 1 rings (SSSR count). The zero-order valence-corrected chi connectivity index (χ0v) is 11.3. The maximum atomic E-state index is 11.1. The number of hydrogen-bond acceptors (Lipinski definition) is 2. The van der Waals surface area contributed by atoms with Gasteiger partial charge in [-0.05, 0) is 51.3 Å². The minimum absolute atomic E-state index is 0.360. The number of carbonyl (C=O) groups is 1. The van der Waals surface area contributed by atoms with Crippen molar-refractivity contribution in [3.05, 3.63) is 29.8 Å². The Morgan fingerprint density at radius 2 is 2.06 bits per heavy atom. The van der Waals surface area contributed by atoms with Crippen molar-refractivity contribution in [2.45, 2.75) is 39.2 Å². The summed E-state index contributed by atoms with van der Waals surface area (Å²) in [5.74, 6) is 0. The highest BCUT2D eigenvalue weighted by Gasteiger charge is 2.25. The minimum atomic E-state index is -0.866. The van der Waals surface area contributed by atoms with E-state index in [1.807, 2.05) is 45.0 Å². The van der Waals surface area contributed by atoms with E-state index < -0.39 is 6.09 Å². The molecule has 0 bridgehead atoms. The molecule has 0 atom stereocenters. The molecule has 0 heterocycles. The van der Waals surface area contributed by atoms with Gasteiger partial charge in [0.2, 0.25) is 0 Å². The number of amides is 1. The Labute approximate surface area is 108 Å². The number of anilines is 1. The topological polar surface area (TPSA) is 66.6 Å². The molecule has 0 saturated heterocycles. The molecular weight excluding hydrogens is 228 g/mol. The Kier molecular flexibility index (Phi) is 4.59. The van der Waals surface area contributed by atoms with E-state index >= 15 is 0 Å². The molecule has 1 aromatic rings. The summed E-state index contributed by atoms with van der Waals surface area (Å²) in [5, 5.41) is 9.16. The summed E-state index contributed by atoms with van der Waals surface area (Å²) in [4.78, 5) is 12.6. The van der Waals surface area contributed by atoms with E-state index in [2.05, 4.69) is 0 Å². The Balaban J connectivity index is 2.52. The largest absolute Gasteiger partial charge is 0.465 e. The molecular formula is C14H22N2O2.